The normalized spacial score (nSPS) is 35.8. The van der Waals surface area contributed by atoms with Gasteiger partial charge in [0.2, 0.25) is 0 Å². The zero-order valence-corrected chi connectivity index (χ0v) is 27.6. The lowest BCUT2D eigenvalue weighted by atomic mass is 9.63. The number of epoxide rings is 1. The second-order valence-electron chi connectivity index (χ2n) is 14.6. The molecule has 238 valence electrons. The summed E-state index contributed by atoms with van der Waals surface area (Å²) in [7, 11) is 0. The van der Waals surface area contributed by atoms with Crippen molar-refractivity contribution in [1.29, 1.82) is 0 Å². The average Bonchev–Trinajstić information content (AvgIpc) is 3.32. The van der Waals surface area contributed by atoms with E-state index in [1.54, 1.807) is 19.1 Å². The Morgan fingerprint density at radius 1 is 1.00 bits per heavy atom. The first-order valence-corrected chi connectivity index (χ1v) is 15.4. The Bertz CT molecular complexity index is 1430. The van der Waals surface area contributed by atoms with Gasteiger partial charge in [-0.1, -0.05) is 52.0 Å². The van der Waals surface area contributed by atoms with Gasteiger partial charge in [-0.15, -0.1) is 5.73 Å². The molecule has 0 bridgehead atoms. The number of aliphatic hydroxyl groups is 2. The molecule has 0 spiro atoms. The van der Waals surface area contributed by atoms with Crippen molar-refractivity contribution >= 4 is 11.9 Å². The minimum absolute atomic E-state index is 0.259. The van der Waals surface area contributed by atoms with E-state index in [0.717, 1.165) is 16.7 Å². The number of carbonyl (C=O) groups is 2. The number of rotatable bonds is 7. The highest BCUT2D eigenvalue weighted by Gasteiger charge is 2.74. The molecular formula is C37H48O7. The average molecular weight is 605 g/mol. The minimum Gasteiger partial charge on any atom is -0.462 e. The summed E-state index contributed by atoms with van der Waals surface area (Å²) in [6, 6.07) is 0. The van der Waals surface area contributed by atoms with Crippen LogP contribution in [0.15, 0.2) is 88.5 Å². The molecule has 4 rings (SSSR count). The lowest BCUT2D eigenvalue weighted by Gasteiger charge is -2.44. The molecule has 2 saturated carbocycles. The smallest absolute Gasteiger partial charge is 0.343 e. The molecule has 0 aromatic carbocycles. The molecule has 5 unspecified atom stereocenters. The van der Waals surface area contributed by atoms with Gasteiger partial charge in [0.15, 0.2) is 0 Å². The van der Waals surface area contributed by atoms with E-state index in [2.05, 4.69) is 19.6 Å². The third kappa shape index (κ3) is 7.02. The van der Waals surface area contributed by atoms with E-state index >= 15 is 0 Å². The molecule has 44 heavy (non-hydrogen) atoms. The van der Waals surface area contributed by atoms with Crippen LogP contribution in [0, 0.1) is 10.8 Å². The summed E-state index contributed by atoms with van der Waals surface area (Å²) >= 11 is 0. The lowest BCUT2D eigenvalue weighted by Crippen LogP contribution is -2.46. The number of cyclic esters (lactones) is 1. The highest BCUT2D eigenvalue weighted by molar-refractivity contribution is 5.95. The molecule has 0 amide bonds. The fourth-order valence-electron chi connectivity index (χ4n) is 7.49. The second kappa shape index (κ2) is 11.9. The van der Waals surface area contributed by atoms with Crippen LogP contribution in [0.3, 0.4) is 0 Å². The first kappa shape index (κ1) is 33.7. The molecule has 0 aromatic rings. The molecule has 3 fully saturated rings. The first-order valence-electron chi connectivity index (χ1n) is 15.4. The number of hydrogen-bond acceptors (Lipinski definition) is 7. The lowest BCUT2D eigenvalue weighted by molar-refractivity contribution is -0.152. The first-order chi connectivity index (χ1) is 20.3. The molecule has 2 heterocycles. The fourth-order valence-corrected chi connectivity index (χ4v) is 7.49. The van der Waals surface area contributed by atoms with Crippen molar-refractivity contribution < 1.29 is 34.0 Å². The molecule has 5 atom stereocenters. The maximum atomic E-state index is 12.5. The molecular weight excluding hydrogens is 556 g/mol. The molecule has 2 aliphatic heterocycles. The van der Waals surface area contributed by atoms with Crippen LogP contribution >= 0.6 is 0 Å². The van der Waals surface area contributed by atoms with Crippen molar-refractivity contribution in [3.05, 3.63) is 88.5 Å². The van der Waals surface area contributed by atoms with Gasteiger partial charge in [0, 0.05) is 30.8 Å². The molecule has 2 N–H and O–H groups in total. The highest BCUT2D eigenvalue weighted by Crippen LogP contribution is 2.66. The number of ether oxygens (including phenoxy) is 3. The Morgan fingerprint density at radius 3 is 2.27 bits per heavy atom. The van der Waals surface area contributed by atoms with Crippen molar-refractivity contribution in [3.63, 3.8) is 0 Å². The molecule has 0 radical (unpaired) electrons. The fraction of sp³-hybridized carbons (Fsp3) is 0.541. The van der Waals surface area contributed by atoms with E-state index in [-0.39, 0.29) is 22.9 Å². The van der Waals surface area contributed by atoms with Crippen molar-refractivity contribution in [3.8, 4) is 0 Å². The number of fused-ring (bicyclic) bond motifs is 1. The Morgan fingerprint density at radius 2 is 1.66 bits per heavy atom. The Balaban J connectivity index is 1.41. The Labute approximate surface area is 262 Å². The predicted molar refractivity (Wildman–Crippen MR) is 170 cm³/mol. The molecule has 2 aliphatic carbocycles. The van der Waals surface area contributed by atoms with E-state index in [4.69, 9.17) is 14.2 Å². The van der Waals surface area contributed by atoms with Crippen molar-refractivity contribution in [2.24, 2.45) is 10.8 Å². The molecule has 0 aromatic heterocycles. The van der Waals surface area contributed by atoms with E-state index in [9.17, 15) is 19.8 Å². The third-order valence-electron chi connectivity index (χ3n) is 9.30. The molecule has 4 aliphatic rings. The SMILES string of the molecule is CC(=O)OC1CC(C)(C)C(=C=C/C(C)=C/C=C/C=C(C)/C=C2C=C(/C=C/C34OC3(C)CC(O)CC4(C)C)C(=O)O\2)C(C)(O)C1. The van der Waals surface area contributed by atoms with E-state index in [1.165, 1.54) is 6.92 Å². The summed E-state index contributed by atoms with van der Waals surface area (Å²) in [6.45, 7) is 17.3. The standard InChI is InChI=1S/C37H48O7/c1-24(14-15-31-33(4,5)22-30(42-26(3)38)23-35(31,8)41)12-10-11-13-25(2)18-29-19-27(32(40)43-29)16-17-37-34(6,7)20-28(39)21-36(37,9)44-37/h10-14,16-19,28,30,39,41H,20-23H2,1-9H3/b11-10+,17-16+,24-12+,25-13+,29-18+. The van der Waals surface area contributed by atoms with Crippen molar-refractivity contribution in [2.75, 3.05) is 0 Å². The van der Waals surface area contributed by atoms with Gasteiger partial charge in [0.1, 0.15) is 23.1 Å². The second-order valence-corrected chi connectivity index (χ2v) is 14.6. The summed E-state index contributed by atoms with van der Waals surface area (Å²) in [4.78, 5) is 24.0. The van der Waals surface area contributed by atoms with Crippen molar-refractivity contribution in [2.45, 2.75) is 117 Å². The quantitative estimate of drug-likeness (QED) is 0.145. The van der Waals surface area contributed by atoms with Gasteiger partial charge < -0.3 is 24.4 Å². The maximum absolute atomic E-state index is 12.5. The van der Waals surface area contributed by atoms with E-state index in [1.807, 2.05) is 77.2 Å². The van der Waals surface area contributed by atoms with Crippen LogP contribution in [0.1, 0.15) is 88.0 Å². The summed E-state index contributed by atoms with van der Waals surface area (Å²) in [5, 5.41) is 21.4. The zero-order valence-electron chi connectivity index (χ0n) is 27.6. The van der Waals surface area contributed by atoms with Crippen LogP contribution < -0.4 is 0 Å². The van der Waals surface area contributed by atoms with Gasteiger partial charge in [0.05, 0.1) is 17.3 Å². The van der Waals surface area contributed by atoms with Gasteiger partial charge in [-0.3, -0.25) is 4.79 Å². The number of aliphatic hydroxyl groups excluding tert-OH is 1. The summed E-state index contributed by atoms with van der Waals surface area (Å²) in [5.41, 5.74) is 3.75. The Hall–Kier alpha value is -3.22. The van der Waals surface area contributed by atoms with Crippen LogP contribution in [-0.2, 0) is 23.8 Å². The minimum atomic E-state index is -1.13. The highest BCUT2D eigenvalue weighted by atomic mass is 16.6. The van der Waals surface area contributed by atoms with Crippen LogP contribution in [0.4, 0.5) is 0 Å². The number of allylic oxidation sites excluding steroid dienone is 8. The van der Waals surface area contributed by atoms with Crippen LogP contribution in [0.25, 0.3) is 0 Å². The summed E-state index contributed by atoms with van der Waals surface area (Å²) < 4.78 is 17.1. The number of hydrogen-bond donors (Lipinski definition) is 2. The van der Waals surface area contributed by atoms with Gasteiger partial charge in [-0.2, -0.15) is 0 Å². The van der Waals surface area contributed by atoms with E-state index in [0.29, 0.717) is 37.0 Å². The van der Waals surface area contributed by atoms with Gasteiger partial charge in [-0.25, -0.2) is 4.79 Å². The number of esters is 2. The Kier molecular flexibility index (Phi) is 9.14. The number of carbonyl (C=O) groups excluding carboxylic acids is 2. The van der Waals surface area contributed by atoms with Crippen molar-refractivity contribution in [1.82, 2.24) is 0 Å². The molecule has 7 heteroatoms. The van der Waals surface area contributed by atoms with Gasteiger partial charge in [-0.05, 0) is 87.5 Å². The third-order valence-corrected chi connectivity index (χ3v) is 9.30. The van der Waals surface area contributed by atoms with Gasteiger partial charge in [0.25, 0.3) is 0 Å². The van der Waals surface area contributed by atoms with Crippen LogP contribution in [0.2, 0.25) is 0 Å². The maximum Gasteiger partial charge on any atom is 0.343 e. The summed E-state index contributed by atoms with van der Waals surface area (Å²) in [5.74, 6) is -0.257. The van der Waals surface area contributed by atoms with E-state index < -0.39 is 28.9 Å². The van der Waals surface area contributed by atoms with Crippen LogP contribution in [-0.4, -0.2) is 51.2 Å². The largest absolute Gasteiger partial charge is 0.462 e. The summed E-state index contributed by atoms with van der Waals surface area (Å²) in [6.07, 6.45) is 18.3. The molecule has 1 saturated heterocycles. The molecule has 7 nitrogen and oxygen atoms in total. The monoisotopic (exact) mass is 604 g/mol. The zero-order chi connectivity index (χ0) is 32.7. The predicted octanol–water partition coefficient (Wildman–Crippen LogP) is 6.65. The topological polar surface area (TPSA) is 106 Å². The van der Waals surface area contributed by atoms with Crippen LogP contribution in [0.5, 0.6) is 0 Å². The van der Waals surface area contributed by atoms with Gasteiger partial charge >= 0.3 is 11.9 Å².